The zero-order chi connectivity index (χ0) is 14.6. The maximum Gasteiger partial charge on any atom is 0.363 e. The number of halogens is 1. The lowest BCUT2D eigenvalue weighted by Crippen LogP contribution is -2.13. The standard InChI is InChI=1S/C13H20BrO4P/c1-9(2)17-19(16,18-10(3)4)13(15)11-5-7-12(14)8-6-11/h5-10,13,15H,1-4H3/t13-/m1/s1. The van der Waals surface area contributed by atoms with Crippen LogP contribution in [0.25, 0.3) is 0 Å². The summed E-state index contributed by atoms with van der Waals surface area (Å²) in [5, 5.41) is 10.3. The van der Waals surface area contributed by atoms with Crippen LogP contribution in [0.4, 0.5) is 0 Å². The van der Waals surface area contributed by atoms with Crippen LogP contribution < -0.4 is 0 Å². The van der Waals surface area contributed by atoms with Gasteiger partial charge >= 0.3 is 7.60 Å². The van der Waals surface area contributed by atoms with Crippen molar-refractivity contribution in [3.8, 4) is 0 Å². The SMILES string of the molecule is CC(C)OP(=O)(OC(C)C)[C@@H](O)c1ccc(Br)cc1. The Balaban J connectivity index is 3.03. The second-order valence-electron chi connectivity index (χ2n) is 4.77. The molecular weight excluding hydrogens is 331 g/mol. The van der Waals surface area contributed by atoms with Crippen molar-refractivity contribution in [2.75, 3.05) is 0 Å². The highest BCUT2D eigenvalue weighted by atomic mass is 79.9. The Kier molecular flexibility index (Phi) is 6.21. The fourth-order valence-corrected chi connectivity index (χ4v) is 3.80. The number of hydrogen-bond acceptors (Lipinski definition) is 4. The van der Waals surface area contributed by atoms with E-state index in [9.17, 15) is 9.67 Å². The number of hydrogen-bond donors (Lipinski definition) is 1. The van der Waals surface area contributed by atoms with E-state index in [0.29, 0.717) is 5.56 Å². The summed E-state index contributed by atoms with van der Waals surface area (Å²) in [6.07, 6.45) is -0.593. The minimum Gasteiger partial charge on any atom is -0.376 e. The molecule has 0 bridgehead atoms. The average molecular weight is 351 g/mol. The molecule has 0 radical (unpaired) electrons. The Morgan fingerprint density at radius 1 is 1.05 bits per heavy atom. The first-order valence-corrected chi connectivity index (χ1v) is 8.55. The predicted molar refractivity (Wildman–Crippen MR) is 79.2 cm³/mol. The van der Waals surface area contributed by atoms with E-state index >= 15 is 0 Å². The first kappa shape index (κ1) is 16.9. The average Bonchev–Trinajstić information content (AvgIpc) is 2.26. The van der Waals surface area contributed by atoms with E-state index in [2.05, 4.69) is 15.9 Å². The largest absolute Gasteiger partial charge is 0.376 e. The second-order valence-corrected chi connectivity index (χ2v) is 7.68. The number of aliphatic hydroxyl groups is 1. The Morgan fingerprint density at radius 3 is 1.84 bits per heavy atom. The van der Waals surface area contributed by atoms with Gasteiger partial charge in [0.25, 0.3) is 0 Å². The lowest BCUT2D eigenvalue weighted by molar-refractivity contribution is 0.101. The third-order valence-electron chi connectivity index (χ3n) is 2.18. The summed E-state index contributed by atoms with van der Waals surface area (Å²) in [6.45, 7) is 7.02. The fraction of sp³-hybridized carbons (Fsp3) is 0.538. The molecule has 0 aromatic heterocycles. The first-order chi connectivity index (χ1) is 8.74. The highest BCUT2D eigenvalue weighted by molar-refractivity contribution is 9.10. The van der Waals surface area contributed by atoms with Crippen molar-refractivity contribution in [2.24, 2.45) is 0 Å². The summed E-state index contributed by atoms with van der Waals surface area (Å²) in [4.78, 5) is 0. The van der Waals surface area contributed by atoms with E-state index in [1.165, 1.54) is 0 Å². The number of benzene rings is 1. The maximum atomic E-state index is 12.7. The van der Waals surface area contributed by atoms with E-state index in [0.717, 1.165) is 4.47 Å². The summed E-state index contributed by atoms with van der Waals surface area (Å²) in [6, 6.07) is 6.92. The summed E-state index contributed by atoms with van der Waals surface area (Å²) in [5.41, 5.74) is 0.507. The van der Waals surface area contributed by atoms with Gasteiger partial charge in [-0.15, -0.1) is 0 Å². The molecule has 6 heteroatoms. The zero-order valence-electron chi connectivity index (χ0n) is 11.5. The normalized spacial score (nSPS) is 14.1. The Bertz CT molecular complexity index is 430. The molecule has 0 unspecified atom stereocenters. The van der Waals surface area contributed by atoms with Gasteiger partial charge < -0.3 is 14.2 Å². The maximum absolute atomic E-state index is 12.7. The lowest BCUT2D eigenvalue weighted by atomic mass is 10.2. The Morgan fingerprint density at radius 2 is 1.47 bits per heavy atom. The van der Waals surface area contributed by atoms with Crippen LogP contribution in [-0.4, -0.2) is 17.3 Å². The van der Waals surface area contributed by atoms with E-state index < -0.39 is 13.4 Å². The molecule has 1 aromatic rings. The van der Waals surface area contributed by atoms with Gasteiger partial charge in [-0.3, -0.25) is 4.57 Å². The van der Waals surface area contributed by atoms with Gasteiger partial charge in [0, 0.05) is 4.47 Å². The number of aliphatic hydroxyl groups excluding tert-OH is 1. The summed E-state index contributed by atoms with van der Waals surface area (Å²) in [5.74, 6) is -1.29. The topological polar surface area (TPSA) is 55.8 Å². The summed E-state index contributed by atoms with van der Waals surface area (Å²) < 4.78 is 24.3. The van der Waals surface area contributed by atoms with E-state index in [-0.39, 0.29) is 12.2 Å². The molecule has 0 heterocycles. The molecule has 1 N–H and O–H groups in total. The molecule has 19 heavy (non-hydrogen) atoms. The van der Waals surface area contributed by atoms with Gasteiger partial charge in [0.1, 0.15) is 0 Å². The number of rotatable bonds is 6. The predicted octanol–water partition coefficient (Wildman–Crippen LogP) is 4.48. The molecule has 0 aliphatic carbocycles. The lowest BCUT2D eigenvalue weighted by Gasteiger charge is -2.26. The third-order valence-corrected chi connectivity index (χ3v) is 5.04. The van der Waals surface area contributed by atoms with Crippen LogP contribution in [0.1, 0.15) is 39.1 Å². The highest BCUT2D eigenvalue weighted by Crippen LogP contribution is 2.61. The molecule has 0 saturated carbocycles. The molecule has 0 amide bonds. The van der Waals surface area contributed by atoms with Crippen LogP contribution >= 0.6 is 23.5 Å². The van der Waals surface area contributed by atoms with Crippen molar-refractivity contribution in [1.82, 2.24) is 0 Å². The van der Waals surface area contributed by atoms with Gasteiger partial charge in [-0.2, -0.15) is 0 Å². The molecule has 108 valence electrons. The van der Waals surface area contributed by atoms with Gasteiger partial charge in [0.15, 0.2) is 5.85 Å². The Labute approximate surface area is 122 Å². The molecular formula is C13H20BrO4P. The van der Waals surface area contributed by atoms with Crippen LogP contribution in [0, 0.1) is 0 Å². The first-order valence-electron chi connectivity index (χ1n) is 6.14. The highest BCUT2D eigenvalue weighted by Gasteiger charge is 2.37. The van der Waals surface area contributed by atoms with Crippen molar-refractivity contribution in [3.63, 3.8) is 0 Å². The smallest absolute Gasteiger partial charge is 0.363 e. The molecule has 1 atom stereocenters. The minimum absolute atomic E-state index is 0.297. The summed E-state index contributed by atoms with van der Waals surface area (Å²) in [7, 11) is -3.62. The Hall–Kier alpha value is -0.190. The monoisotopic (exact) mass is 350 g/mol. The van der Waals surface area contributed by atoms with E-state index in [4.69, 9.17) is 9.05 Å². The van der Waals surface area contributed by atoms with Gasteiger partial charge in [-0.1, -0.05) is 28.1 Å². The van der Waals surface area contributed by atoms with E-state index in [1.807, 2.05) is 0 Å². The van der Waals surface area contributed by atoms with Gasteiger partial charge in [0.2, 0.25) is 0 Å². The molecule has 0 aliphatic heterocycles. The van der Waals surface area contributed by atoms with Crippen LogP contribution in [0.3, 0.4) is 0 Å². The zero-order valence-corrected chi connectivity index (χ0v) is 14.0. The fourth-order valence-electron chi connectivity index (χ4n) is 1.55. The molecule has 4 nitrogen and oxygen atoms in total. The van der Waals surface area contributed by atoms with Gasteiger partial charge in [-0.25, -0.2) is 0 Å². The van der Waals surface area contributed by atoms with Crippen molar-refractivity contribution in [2.45, 2.75) is 45.7 Å². The third kappa shape index (κ3) is 5.01. The molecule has 0 aliphatic rings. The molecule has 0 saturated heterocycles. The van der Waals surface area contributed by atoms with Gasteiger partial charge in [0.05, 0.1) is 12.2 Å². The molecule has 1 rings (SSSR count). The quantitative estimate of drug-likeness (QED) is 0.768. The van der Waals surface area contributed by atoms with Gasteiger partial charge in [-0.05, 0) is 45.4 Å². The minimum atomic E-state index is -3.62. The van der Waals surface area contributed by atoms with Crippen molar-refractivity contribution in [1.29, 1.82) is 0 Å². The van der Waals surface area contributed by atoms with Crippen LogP contribution in [-0.2, 0) is 13.6 Å². The van der Waals surface area contributed by atoms with Crippen LogP contribution in [0.2, 0.25) is 0 Å². The van der Waals surface area contributed by atoms with Crippen LogP contribution in [0.5, 0.6) is 0 Å². The van der Waals surface area contributed by atoms with Crippen molar-refractivity contribution in [3.05, 3.63) is 34.3 Å². The van der Waals surface area contributed by atoms with Crippen molar-refractivity contribution < 1.29 is 18.7 Å². The van der Waals surface area contributed by atoms with Crippen LogP contribution in [0.15, 0.2) is 28.7 Å². The van der Waals surface area contributed by atoms with E-state index in [1.54, 1.807) is 52.0 Å². The molecule has 1 aromatic carbocycles. The van der Waals surface area contributed by atoms with Crippen molar-refractivity contribution >= 4 is 23.5 Å². The molecule has 0 fully saturated rings. The second kappa shape index (κ2) is 7.00. The molecule has 0 spiro atoms. The summed E-state index contributed by atoms with van der Waals surface area (Å²) >= 11 is 3.31.